The van der Waals surface area contributed by atoms with Crippen LogP contribution in [0.15, 0.2) is 11.8 Å². The third-order valence-electron chi connectivity index (χ3n) is 0.717. The zero-order valence-corrected chi connectivity index (χ0v) is 4.72. The second-order valence-electron chi connectivity index (χ2n) is 1.41. The first-order valence-electron chi connectivity index (χ1n) is 2.35. The normalized spacial score (nSPS) is 11.4. The first-order chi connectivity index (χ1) is 3.66. The lowest BCUT2D eigenvalue weighted by molar-refractivity contribution is -0.131. The molecule has 8 heavy (non-hydrogen) atoms. The van der Waals surface area contributed by atoms with Gasteiger partial charge in [0, 0.05) is 11.8 Å². The molecular formula is C5H9NO2. The van der Waals surface area contributed by atoms with Crippen LogP contribution in [0.3, 0.4) is 0 Å². The third kappa shape index (κ3) is 3.21. The molecule has 0 saturated heterocycles. The van der Waals surface area contributed by atoms with Crippen molar-refractivity contribution < 1.29 is 9.90 Å². The summed E-state index contributed by atoms with van der Waals surface area (Å²) in [5, 5.41) is 8.06. The van der Waals surface area contributed by atoms with E-state index in [4.69, 9.17) is 10.8 Å². The Morgan fingerprint density at radius 2 is 2.38 bits per heavy atom. The number of hydrogen-bond donors (Lipinski definition) is 2. The molecule has 0 unspecified atom stereocenters. The van der Waals surface area contributed by atoms with Gasteiger partial charge in [-0.2, -0.15) is 0 Å². The summed E-state index contributed by atoms with van der Waals surface area (Å²) in [6, 6.07) is 0. The maximum absolute atomic E-state index is 9.81. The highest BCUT2D eigenvalue weighted by Crippen LogP contribution is 1.87. The van der Waals surface area contributed by atoms with Crippen molar-refractivity contribution in [3.05, 3.63) is 11.8 Å². The first-order valence-corrected chi connectivity index (χ1v) is 2.35. The highest BCUT2D eigenvalue weighted by molar-refractivity contribution is 5.80. The molecule has 0 amide bonds. The Kier molecular flexibility index (Phi) is 2.69. The minimum atomic E-state index is -0.982. The van der Waals surface area contributed by atoms with E-state index in [1.807, 2.05) is 0 Å². The molecular weight excluding hydrogens is 106 g/mol. The van der Waals surface area contributed by atoms with Gasteiger partial charge in [-0.05, 0) is 6.42 Å². The molecule has 46 valence electrons. The van der Waals surface area contributed by atoms with Crippen molar-refractivity contribution in [1.29, 1.82) is 0 Å². The summed E-state index contributed by atoms with van der Waals surface area (Å²) in [4.78, 5) is 9.81. The van der Waals surface area contributed by atoms with Crippen LogP contribution >= 0.6 is 0 Å². The summed E-state index contributed by atoms with van der Waals surface area (Å²) in [5.41, 5.74) is 5.55. The van der Waals surface area contributed by atoms with Crippen LogP contribution in [0.5, 0.6) is 0 Å². The molecule has 0 rings (SSSR count). The van der Waals surface area contributed by atoms with Crippen molar-refractivity contribution in [2.75, 3.05) is 0 Å². The van der Waals surface area contributed by atoms with E-state index >= 15 is 0 Å². The van der Waals surface area contributed by atoms with E-state index in [1.165, 1.54) is 0 Å². The molecule has 3 N–H and O–H groups in total. The molecule has 0 aromatic heterocycles. The van der Waals surface area contributed by atoms with Gasteiger partial charge in [0.2, 0.25) is 0 Å². The molecule has 0 bridgehead atoms. The van der Waals surface area contributed by atoms with E-state index in [2.05, 4.69) is 0 Å². The van der Waals surface area contributed by atoms with Crippen LogP contribution in [-0.2, 0) is 4.79 Å². The van der Waals surface area contributed by atoms with E-state index in [1.54, 1.807) is 6.92 Å². The fraction of sp³-hybridized carbons (Fsp3) is 0.400. The van der Waals surface area contributed by atoms with Gasteiger partial charge in [0.1, 0.15) is 0 Å². The number of carbonyl (C=O) groups is 1. The molecule has 0 aromatic rings. The number of aliphatic carboxylic acids is 1. The average Bonchev–Trinajstić information content (AvgIpc) is 1.65. The minimum Gasteiger partial charge on any atom is -0.478 e. The molecule has 0 saturated carbocycles. The van der Waals surface area contributed by atoms with Gasteiger partial charge < -0.3 is 10.8 Å². The first kappa shape index (κ1) is 7.01. The lowest BCUT2D eigenvalue weighted by atomic mass is 10.3. The molecule has 0 aliphatic rings. The summed E-state index contributed by atoms with van der Waals surface area (Å²) in [7, 11) is 0. The van der Waals surface area contributed by atoms with Gasteiger partial charge in [0.25, 0.3) is 0 Å². The molecule has 0 radical (unpaired) electrons. The van der Waals surface area contributed by atoms with Crippen LogP contribution in [0.4, 0.5) is 0 Å². The highest BCUT2D eigenvalue weighted by atomic mass is 16.4. The van der Waals surface area contributed by atoms with E-state index < -0.39 is 5.97 Å². The molecule has 0 spiro atoms. The second-order valence-corrected chi connectivity index (χ2v) is 1.41. The Morgan fingerprint density at radius 1 is 1.88 bits per heavy atom. The molecule has 0 aliphatic heterocycles. The Morgan fingerprint density at radius 3 is 2.50 bits per heavy atom. The lowest BCUT2D eigenvalue weighted by Crippen LogP contribution is -1.99. The van der Waals surface area contributed by atoms with Crippen LogP contribution in [0.2, 0.25) is 0 Å². The SMILES string of the molecule is CCC(N)=CC(=O)O. The van der Waals surface area contributed by atoms with Crippen molar-refractivity contribution in [1.82, 2.24) is 0 Å². The van der Waals surface area contributed by atoms with Crippen LogP contribution < -0.4 is 5.73 Å². The highest BCUT2D eigenvalue weighted by Gasteiger charge is 1.88. The van der Waals surface area contributed by atoms with Crippen molar-refractivity contribution in [3.63, 3.8) is 0 Å². The third-order valence-corrected chi connectivity index (χ3v) is 0.717. The predicted octanol–water partition coefficient (Wildman–Crippen LogP) is 0.324. The summed E-state index contributed by atoms with van der Waals surface area (Å²) < 4.78 is 0. The summed E-state index contributed by atoms with van der Waals surface area (Å²) in [6.07, 6.45) is 1.59. The maximum Gasteiger partial charge on any atom is 0.330 e. The summed E-state index contributed by atoms with van der Waals surface area (Å²) >= 11 is 0. The zero-order valence-electron chi connectivity index (χ0n) is 4.72. The smallest absolute Gasteiger partial charge is 0.330 e. The van der Waals surface area contributed by atoms with Crippen molar-refractivity contribution in [2.45, 2.75) is 13.3 Å². The van der Waals surface area contributed by atoms with E-state index in [9.17, 15) is 4.79 Å². The van der Waals surface area contributed by atoms with Crippen LogP contribution in [-0.4, -0.2) is 11.1 Å². The molecule has 0 aromatic carbocycles. The number of hydrogen-bond acceptors (Lipinski definition) is 2. The van der Waals surface area contributed by atoms with Crippen LogP contribution in [0, 0.1) is 0 Å². The van der Waals surface area contributed by atoms with Crippen molar-refractivity contribution in [2.24, 2.45) is 5.73 Å². The fourth-order valence-electron chi connectivity index (χ4n) is 0.261. The largest absolute Gasteiger partial charge is 0.478 e. The van der Waals surface area contributed by atoms with Gasteiger partial charge >= 0.3 is 5.97 Å². The Bertz CT molecular complexity index is 118. The van der Waals surface area contributed by atoms with Crippen LogP contribution in [0.1, 0.15) is 13.3 Å². The van der Waals surface area contributed by atoms with Gasteiger partial charge in [0.15, 0.2) is 0 Å². The van der Waals surface area contributed by atoms with Crippen LogP contribution in [0.25, 0.3) is 0 Å². The Labute approximate surface area is 47.8 Å². The summed E-state index contributed by atoms with van der Waals surface area (Å²) in [5.74, 6) is -0.982. The van der Waals surface area contributed by atoms with E-state index in [0.717, 1.165) is 6.08 Å². The van der Waals surface area contributed by atoms with Gasteiger partial charge in [-0.1, -0.05) is 6.92 Å². The number of nitrogens with two attached hydrogens (primary N) is 1. The topological polar surface area (TPSA) is 63.3 Å². The minimum absolute atomic E-state index is 0.400. The number of rotatable bonds is 2. The molecule has 0 aliphatic carbocycles. The van der Waals surface area contributed by atoms with E-state index in [0.29, 0.717) is 12.1 Å². The van der Waals surface area contributed by atoms with Gasteiger partial charge in [-0.15, -0.1) is 0 Å². The Hall–Kier alpha value is -0.990. The number of allylic oxidation sites excluding steroid dienone is 1. The summed E-state index contributed by atoms with van der Waals surface area (Å²) in [6.45, 7) is 1.80. The maximum atomic E-state index is 9.81. The quantitative estimate of drug-likeness (QED) is 0.509. The molecule has 0 fully saturated rings. The van der Waals surface area contributed by atoms with Gasteiger partial charge in [-0.25, -0.2) is 4.79 Å². The van der Waals surface area contributed by atoms with E-state index in [-0.39, 0.29) is 0 Å². The fourth-order valence-corrected chi connectivity index (χ4v) is 0.261. The molecule has 0 atom stereocenters. The van der Waals surface area contributed by atoms with Gasteiger partial charge in [0.05, 0.1) is 0 Å². The number of carboxylic acids is 1. The van der Waals surface area contributed by atoms with Crippen molar-refractivity contribution in [3.8, 4) is 0 Å². The lowest BCUT2D eigenvalue weighted by Gasteiger charge is -1.88. The Balaban J connectivity index is 3.75. The standard InChI is InChI=1S/C5H9NO2/c1-2-4(6)3-5(7)8/h3H,2,6H2,1H3,(H,7,8). The number of carboxylic acid groups (broad SMARTS) is 1. The van der Waals surface area contributed by atoms with Gasteiger partial charge in [-0.3, -0.25) is 0 Å². The molecule has 3 heteroatoms. The molecule has 0 heterocycles. The predicted molar refractivity (Wildman–Crippen MR) is 30.2 cm³/mol. The second kappa shape index (κ2) is 3.07. The average molecular weight is 115 g/mol. The monoisotopic (exact) mass is 115 g/mol. The molecule has 3 nitrogen and oxygen atoms in total. The van der Waals surface area contributed by atoms with Crippen molar-refractivity contribution >= 4 is 5.97 Å². The zero-order chi connectivity index (χ0) is 6.57.